The van der Waals surface area contributed by atoms with Crippen molar-refractivity contribution in [2.75, 3.05) is 34.3 Å². The van der Waals surface area contributed by atoms with Gasteiger partial charge >= 0.3 is 12.1 Å². The molecule has 2 heterocycles. The maximum absolute atomic E-state index is 14.4. The number of methoxy groups -OCH3 is 1. The predicted octanol–water partition coefficient (Wildman–Crippen LogP) is 3.94. The minimum Gasteiger partial charge on any atom is -0.459 e. The number of rotatable bonds is 11. The summed E-state index contributed by atoms with van der Waals surface area (Å²) < 4.78 is 30.2. The summed E-state index contributed by atoms with van der Waals surface area (Å²) in [5, 5.41) is 29.1. The largest absolute Gasteiger partial charge is 0.459 e. The first-order valence-electron chi connectivity index (χ1n) is 19.9. The first-order valence-corrected chi connectivity index (χ1v) is 20.3. The van der Waals surface area contributed by atoms with E-state index in [1.54, 1.807) is 58.0 Å². The molecule has 326 valence electrons. The highest BCUT2D eigenvalue weighted by Gasteiger charge is 2.53. The van der Waals surface area contributed by atoms with Crippen molar-refractivity contribution >= 4 is 47.2 Å². The number of benzene rings is 1. The zero-order valence-electron chi connectivity index (χ0n) is 35.7. The Morgan fingerprint density at radius 2 is 1.62 bits per heavy atom. The maximum atomic E-state index is 14.4. The van der Waals surface area contributed by atoms with Gasteiger partial charge < -0.3 is 49.4 Å². The van der Waals surface area contributed by atoms with E-state index < -0.39 is 95.1 Å². The van der Waals surface area contributed by atoms with E-state index >= 15 is 0 Å². The summed E-state index contributed by atoms with van der Waals surface area (Å²) in [6, 6.07) is 6.68. The second-order valence-corrected chi connectivity index (χ2v) is 16.7. The van der Waals surface area contributed by atoms with Crippen molar-refractivity contribution in [3.8, 4) is 0 Å². The second kappa shape index (κ2) is 21.2. The number of hydrogen-bond acceptors (Lipinski definition) is 13. The van der Waals surface area contributed by atoms with Gasteiger partial charge in [0.1, 0.15) is 35.6 Å². The molecule has 0 bridgehead atoms. The Kier molecular flexibility index (Phi) is 17.9. The molecule has 2 aliphatic rings. The smallest absolute Gasteiger partial charge is 0.407 e. The fraction of sp³-hybridized carbons (Fsp3) is 0.690. The number of alkyl carbamates (subject to hydrolysis) is 1. The molecule has 2 aliphatic heterocycles. The molecule has 0 radical (unpaired) electrons. The molecular formula is C42H64ClN3O12. The zero-order chi connectivity index (χ0) is 43.7. The van der Waals surface area contributed by atoms with Crippen molar-refractivity contribution in [2.45, 2.75) is 129 Å². The lowest BCUT2D eigenvalue weighted by molar-refractivity contribution is -0.295. The fourth-order valence-corrected chi connectivity index (χ4v) is 8.18. The quantitative estimate of drug-likeness (QED) is 0.108. The minimum atomic E-state index is -2.11. The van der Waals surface area contributed by atoms with Gasteiger partial charge in [0.2, 0.25) is 5.91 Å². The van der Waals surface area contributed by atoms with Crippen LogP contribution in [-0.2, 0) is 42.9 Å². The van der Waals surface area contributed by atoms with Crippen molar-refractivity contribution < 1.29 is 57.9 Å². The van der Waals surface area contributed by atoms with E-state index in [0.717, 1.165) is 0 Å². The summed E-state index contributed by atoms with van der Waals surface area (Å²) in [4.78, 5) is 69.7. The van der Waals surface area contributed by atoms with Crippen molar-refractivity contribution in [1.82, 2.24) is 15.5 Å². The molecule has 2 amide bonds. The molecule has 2 fully saturated rings. The molecule has 1 aromatic rings. The number of cyclic esters (lactones) is 1. The Balaban J connectivity index is 1.91. The van der Waals surface area contributed by atoms with Crippen molar-refractivity contribution in [3.63, 3.8) is 0 Å². The van der Waals surface area contributed by atoms with E-state index in [4.69, 9.17) is 35.3 Å². The Labute approximate surface area is 347 Å². The lowest BCUT2D eigenvalue weighted by Gasteiger charge is -2.47. The Bertz CT molecular complexity index is 1620. The van der Waals surface area contributed by atoms with Crippen LogP contribution < -0.4 is 10.6 Å². The van der Waals surface area contributed by atoms with Crippen LogP contribution in [0.5, 0.6) is 0 Å². The normalized spacial score (nSPS) is 35.6. The van der Waals surface area contributed by atoms with Gasteiger partial charge in [0.15, 0.2) is 12.1 Å². The molecule has 0 aliphatic carbocycles. The summed E-state index contributed by atoms with van der Waals surface area (Å²) in [6.07, 6.45) is -4.14. The Morgan fingerprint density at radius 1 is 1.00 bits per heavy atom. The number of aliphatic hydroxyl groups is 2. The summed E-state index contributed by atoms with van der Waals surface area (Å²) in [7, 11) is 5.09. The predicted molar refractivity (Wildman–Crippen MR) is 217 cm³/mol. The van der Waals surface area contributed by atoms with Crippen molar-refractivity contribution in [2.24, 2.45) is 23.7 Å². The standard InChI is InChI=1S/C42H64ClN3O12/c1-12-31-42(8,53)37(58-40(52)45-20-19-44-32(47)18-17-28-15-13-14-16-29(28)43)25(4)33(48)23(2)22-41(7,54-11)36(26(5)34(49)27(6)38(51)56-31)57-39-35(50)30(46(9)10)21-24(3)55-39/h13-18,23-27,30-31,35-37,39,50,53H,12,19-22H2,1-11H3,(H,44,47)(H,45,52)/b18-17+/t23-,24-,25+,26+,27-,30+,31-,35-,36-,37-,39+,41-,42-/m1/s1. The Morgan fingerprint density at radius 3 is 2.22 bits per heavy atom. The van der Waals surface area contributed by atoms with Crippen LogP contribution in [0.3, 0.4) is 0 Å². The van der Waals surface area contributed by atoms with Crippen LogP contribution in [0, 0.1) is 23.7 Å². The molecular weight excluding hydrogens is 774 g/mol. The van der Waals surface area contributed by atoms with Crippen LogP contribution in [0.2, 0.25) is 5.02 Å². The van der Waals surface area contributed by atoms with Crippen molar-refractivity contribution in [3.05, 3.63) is 40.9 Å². The third-order valence-electron chi connectivity index (χ3n) is 11.5. The van der Waals surface area contributed by atoms with Gasteiger partial charge in [-0.3, -0.25) is 19.2 Å². The number of ether oxygens (including phenoxy) is 5. The molecule has 58 heavy (non-hydrogen) atoms. The SMILES string of the molecule is CC[C@H]1OC(=O)[C@H](C)C(=O)[C@H](C)[C@@H](O[C@@H]2O[C@H](C)C[C@H](N(C)C)[C@H]2O)[C@](C)(OC)C[C@@H](C)C(=O)[C@H](C)[C@@H](OC(=O)NCCNC(=O)/C=C/c2ccccc2Cl)[C@]1(C)O. The number of esters is 1. The van der Waals surface area contributed by atoms with Gasteiger partial charge in [0, 0.05) is 49.2 Å². The van der Waals surface area contributed by atoms with Crippen LogP contribution in [0.1, 0.15) is 80.2 Å². The molecule has 0 unspecified atom stereocenters. The number of likely N-dealkylation sites (N-methyl/N-ethyl adjacent to an activating group) is 1. The van der Waals surface area contributed by atoms with Gasteiger partial charge in [-0.05, 0) is 78.8 Å². The molecule has 0 saturated carbocycles. The molecule has 3 rings (SSSR count). The number of aliphatic hydroxyl groups excluding tert-OH is 1. The number of Topliss-reactive ketones (excluding diaryl/α,β-unsaturated/α-hetero) is 2. The number of nitrogens with zero attached hydrogens (tertiary/aromatic N) is 1. The zero-order valence-corrected chi connectivity index (χ0v) is 36.4. The lowest BCUT2D eigenvalue weighted by atomic mass is 9.74. The van der Waals surface area contributed by atoms with Gasteiger partial charge in [-0.1, -0.05) is 57.5 Å². The fourth-order valence-electron chi connectivity index (χ4n) is 7.98. The van der Waals surface area contributed by atoms with Crippen LogP contribution in [0.15, 0.2) is 30.3 Å². The number of hydrogen-bond donors (Lipinski definition) is 4. The van der Waals surface area contributed by atoms with Gasteiger partial charge in [-0.2, -0.15) is 0 Å². The third-order valence-corrected chi connectivity index (χ3v) is 11.9. The summed E-state index contributed by atoms with van der Waals surface area (Å²) in [6.45, 7) is 12.6. The highest BCUT2D eigenvalue weighted by atomic mass is 35.5. The third kappa shape index (κ3) is 12.1. The van der Waals surface area contributed by atoms with Gasteiger partial charge in [-0.15, -0.1) is 0 Å². The summed E-state index contributed by atoms with van der Waals surface area (Å²) >= 11 is 6.14. The van der Waals surface area contributed by atoms with E-state index in [1.165, 1.54) is 34.0 Å². The minimum absolute atomic E-state index is 0.00778. The first-order chi connectivity index (χ1) is 27.1. The molecule has 1 aromatic carbocycles. The van der Waals surface area contributed by atoms with Gasteiger partial charge in [-0.25, -0.2) is 4.79 Å². The second-order valence-electron chi connectivity index (χ2n) is 16.3. The summed E-state index contributed by atoms with van der Waals surface area (Å²) in [5.41, 5.74) is -2.83. The number of carbonyl (C=O) groups is 5. The number of carbonyl (C=O) groups excluding carboxylic acids is 5. The van der Waals surface area contributed by atoms with E-state index in [1.807, 2.05) is 25.9 Å². The van der Waals surface area contributed by atoms with Crippen molar-refractivity contribution in [1.29, 1.82) is 0 Å². The maximum Gasteiger partial charge on any atom is 0.407 e. The number of ketones is 2. The first kappa shape index (κ1) is 48.9. The Hall–Kier alpha value is -3.44. The molecule has 16 heteroatoms. The van der Waals surface area contributed by atoms with E-state index in [9.17, 15) is 34.2 Å². The molecule has 0 aromatic heterocycles. The summed E-state index contributed by atoms with van der Waals surface area (Å²) in [5.74, 6) is -6.68. The van der Waals surface area contributed by atoms with E-state index in [2.05, 4.69) is 10.6 Å². The monoisotopic (exact) mass is 837 g/mol. The van der Waals surface area contributed by atoms with Crippen LogP contribution in [0.25, 0.3) is 6.08 Å². The number of nitrogens with one attached hydrogen (secondary N) is 2. The van der Waals surface area contributed by atoms with E-state index in [0.29, 0.717) is 17.0 Å². The number of amides is 2. The highest BCUT2D eigenvalue weighted by molar-refractivity contribution is 6.32. The lowest BCUT2D eigenvalue weighted by Crippen LogP contribution is -2.60. The van der Waals surface area contributed by atoms with Crippen LogP contribution in [-0.4, -0.2) is 133 Å². The van der Waals surface area contributed by atoms with Gasteiger partial charge in [0.05, 0.1) is 23.7 Å². The van der Waals surface area contributed by atoms with Crippen LogP contribution in [0.4, 0.5) is 4.79 Å². The van der Waals surface area contributed by atoms with Gasteiger partial charge in [0.25, 0.3) is 0 Å². The molecule has 15 nitrogen and oxygen atoms in total. The molecule has 2 saturated heterocycles. The average molecular weight is 838 g/mol. The highest BCUT2D eigenvalue weighted by Crippen LogP contribution is 2.39. The van der Waals surface area contributed by atoms with E-state index in [-0.39, 0.29) is 38.1 Å². The molecule has 13 atom stereocenters. The van der Waals surface area contributed by atoms with Crippen LogP contribution >= 0.6 is 11.6 Å². The molecule has 4 N–H and O–H groups in total. The number of halogens is 1. The topological polar surface area (TPSA) is 199 Å². The average Bonchev–Trinajstić information content (AvgIpc) is 3.18. The molecule has 0 spiro atoms.